The largest absolute Gasteiger partial charge is 0.300 e. The maximum atomic E-state index is 10.6. The molecule has 2 atom stereocenters. The third kappa shape index (κ3) is 5.74. The average molecular weight is 307 g/mol. The molecule has 1 N–H and O–H groups in total. The second kappa shape index (κ2) is 8.01. The number of rotatable bonds is 8. The summed E-state index contributed by atoms with van der Waals surface area (Å²) in [5.41, 5.74) is -0.443. The molecule has 0 aliphatic carbocycles. The predicted octanol–water partition coefficient (Wildman–Crippen LogP) is 3.75. The standard InChI is InChI=1S/C15H21N3O2S/c1-4-9-17-15(3,11-16)10-12(2)21-14-7-5-13(6-8-14)18(19)20/h5-8,12,17H,4,9-10H2,1-3H3. The molecule has 0 amide bonds. The van der Waals surface area contributed by atoms with Gasteiger partial charge in [0, 0.05) is 22.3 Å². The summed E-state index contributed by atoms with van der Waals surface area (Å²) >= 11 is 1.63. The number of nitrogens with one attached hydrogen (secondary N) is 1. The molecule has 0 bridgehead atoms. The highest BCUT2D eigenvalue weighted by Gasteiger charge is 2.25. The zero-order valence-electron chi connectivity index (χ0n) is 12.6. The summed E-state index contributed by atoms with van der Waals surface area (Å²) in [6, 6.07) is 8.86. The molecule has 0 saturated carbocycles. The quantitative estimate of drug-likeness (QED) is 0.449. The molecule has 2 unspecified atom stereocenters. The van der Waals surface area contributed by atoms with E-state index in [2.05, 4.69) is 25.2 Å². The van der Waals surface area contributed by atoms with Gasteiger partial charge in [0.2, 0.25) is 0 Å². The molecule has 0 spiro atoms. The Morgan fingerprint density at radius 1 is 1.48 bits per heavy atom. The molecule has 0 fully saturated rings. The predicted molar refractivity (Wildman–Crippen MR) is 85.3 cm³/mol. The van der Waals surface area contributed by atoms with Crippen LogP contribution in [0.2, 0.25) is 0 Å². The fourth-order valence-corrected chi connectivity index (χ4v) is 3.23. The van der Waals surface area contributed by atoms with Crippen LogP contribution in [0.15, 0.2) is 29.2 Å². The van der Waals surface area contributed by atoms with Crippen molar-refractivity contribution in [2.45, 2.75) is 49.3 Å². The van der Waals surface area contributed by atoms with Crippen molar-refractivity contribution < 1.29 is 4.92 Å². The van der Waals surface area contributed by atoms with Crippen LogP contribution in [0, 0.1) is 21.4 Å². The van der Waals surface area contributed by atoms with Crippen molar-refractivity contribution in [3.05, 3.63) is 34.4 Å². The van der Waals surface area contributed by atoms with E-state index in [-0.39, 0.29) is 10.9 Å². The Morgan fingerprint density at radius 3 is 2.57 bits per heavy atom. The van der Waals surface area contributed by atoms with Gasteiger partial charge in [-0.3, -0.25) is 15.4 Å². The lowest BCUT2D eigenvalue weighted by Gasteiger charge is -2.26. The molecule has 0 saturated heterocycles. The highest BCUT2D eigenvalue weighted by Crippen LogP contribution is 2.29. The fraction of sp³-hybridized carbons (Fsp3) is 0.533. The number of nitrogens with zero attached hydrogens (tertiary/aromatic N) is 2. The average Bonchev–Trinajstić information content (AvgIpc) is 2.45. The van der Waals surface area contributed by atoms with E-state index in [4.69, 9.17) is 0 Å². The lowest BCUT2D eigenvalue weighted by atomic mass is 9.98. The molecule has 114 valence electrons. The van der Waals surface area contributed by atoms with E-state index in [1.807, 2.05) is 6.92 Å². The van der Waals surface area contributed by atoms with Gasteiger partial charge in [0.25, 0.3) is 5.69 Å². The highest BCUT2D eigenvalue weighted by molar-refractivity contribution is 7.99. The minimum atomic E-state index is -0.538. The summed E-state index contributed by atoms with van der Waals surface area (Å²) in [4.78, 5) is 11.2. The molecule has 6 heteroatoms. The van der Waals surface area contributed by atoms with Crippen LogP contribution in [-0.4, -0.2) is 22.3 Å². The Labute approximate surface area is 129 Å². The van der Waals surface area contributed by atoms with Gasteiger partial charge in [-0.2, -0.15) is 5.26 Å². The first-order valence-electron chi connectivity index (χ1n) is 6.97. The molecular formula is C15H21N3O2S. The highest BCUT2D eigenvalue weighted by atomic mass is 32.2. The summed E-state index contributed by atoms with van der Waals surface area (Å²) < 4.78 is 0. The third-order valence-corrected chi connectivity index (χ3v) is 4.21. The van der Waals surface area contributed by atoms with Gasteiger partial charge in [0.1, 0.15) is 5.54 Å². The number of thioether (sulfide) groups is 1. The van der Waals surface area contributed by atoms with Gasteiger partial charge in [0.05, 0.1) is 11.0 Å². The molecule has 1 rings (SSSR count). The Bertz CT molecular complexity index is 513. The zero-order valence-corrected chi connectivity index (χ0v) is 13.4. The molecule has 0 radical (unpaired) electrons. The molecule has 0 aliphatic rings. The Hall–Kier alpha value is -1.58. The van der Waals surface area contributed by atoms with E-state index >= 15 is 0 Å². The maximum Gasteiger partial charge on any atom is 0.269 e. The molecule has 1 aromatic rings. The monoisotopic (exact) mass is 307 g/mol. The van der Waals surface area contributed by atoms with Crippen molar-refractivity contribution in [2.24, 2.45) is 0 Å². The summed E-state index contributed by atoms with van der Waals surface area (Å²) in [5.74, 6) is 0. The molecular weight excluding hydrogens is 286 g/mol. The van der Waals surface area contributed by atoms with Crippen LogP contribution in [0.1, 0.15) is 33.6 Å². The lowest BCUT2D eigenvalue weighted by molar-refractivity contribution is -0.384. The fourth-order valence-electron chi connectivity index (χ4n) is 2.05. The van der Waals surface area contributed by atoms with Crippen LogP contribution >= 0.6 is 11.8 Å². The Balaban J connectivity index is 2.62. The Kier molecular flexibility index (Phi) is 6.66. The van der Waals surface area contributed by atoms with E-state index < -0.39 is 10.5 Å². The molecule has 21 heavy (non-hydrogen) atoms. The van der Waals surface area contributed by atoms with E-state index in [1.54, 1.807) is 23.9 Å². The number of hydrogen-bond donors (Lipinski definition) is 1. The topological polar surface area (TPSA) is 79.0 Å². The molecule has 1 aromatic carbocycles. The first-order valence-corrected chi connectivity index (χ1v) is 7.85. The van der Waals surface area contributed by atoms with Crippen molar-refractivity contribution in [3.8, 4) is 6.07 Å². The van der Waals surface area contributed by atoms with Gasteiger partial charge in [-0.15, -0.1) is 11.8 Å². The number of non-ortho nitro benzene ring substituents is 1. The van der Waals surface area contributed by atoms with Crippen molar-refractivity contribution in [1.82, 2.24) is 5.32 Å². The molecule has 0 heterocycles. The van der Waals surface area contributed by atoms with Crippen LogP contribution in [0.3, 0.4) is 0 Å². The molecule has 5 nitrogen and oxygen atoms in total. The summed E-state index contributed by atoms with van der Waals surface area (Å²) in [5, 5.41) is 23.5. The zero-order chi connectivity index (χ0) is 15.9. The normalized spacial score (nSPS) is 15.0. The van der Waals surface area contributed by atoms with Gasteiger partial charge in [-0.1, -0.05) is 13.8 Å². The van der Waals surface area contributed by atoms with Crippen molar-refractivity contribution in [1.29, 1.82) is 5.26 Å². The van der Waals surface area contributed by atoms with Gasteiger partial charge in [-0.05, 0) is 38.4 Å². The minimum absolute atomic E-state index is 0.0958. The van der Waals surface area contributed by atoms with Crippen LogP contribution in [0.4, 0.5) is 5.69 Å². The van der Waals surface area contributed by atoms with E-state index in [9.17, 15) is 15.4 Å². The third-order valence-electron chi connectivity index (χ3n) is 3.09. The summed E-state index contributed by atoms with van der Waals surface area (Å²) in [6.07, 6.45) is 1.70. The maximum absolute atomic E-state index is 10.6. The van der Waals surface area contributed by atoms with Crippen LogP contribution < -0.4 is 5.32 Å². The first kappa shape index (κ1) is 17.5. The number of nitriles is 1. The minimum Gasteiger partial charge on any atom is -0.300 e. The first-order chi connectivity index (χ1) is 9.90. The smallest absolute Gasteiger partial charge is 0.269 e. The van der Waals surface area contributed by atoms with Gasteiger partial charge in [0.15, 0.2) is 0 Å². The second-order valence-corrected chi connectivity index (χ2v) is 6.77. The number of benzene rings is 1. The van der Waals surface area contributed by atoms with Gasteiger partial charge in [-0.25, -0.2) is 0 Å². The van der Waals surface area contributed by atoms with Crippen LogP contribution in [-0.2, 0) is 0 Å². The Morgan fingerprint density at radius 2 is 2.10 bits per heavy atom. The number of nitro groups is 1. The van der Waals surface area contributed by atoms with Crippen molar-refractivity contribution in [3.63, 3.8) is 0 Å². The van der Waals surface area contributed by atoms with E-state index in [1.165, 1.54) is 12.1 Å². The van der Waals surface area contributed by atoms with Gasteiger partial charge >= 0.3 is 0 Å². The van der Waals surface area contributed by atoms with Gasteiger partial charge < -0.3 is 0 Å². The van der Waals surface area contributed by atoms with Crippen LogP contribution in [0.5, 0.6) is 0 Å². The number of nitro benzene ring substituents is 1. The van der Waals surface area contributed by atoms with E-state index in [0.29, 0.717) is 6.42 Å². The molecule has 0 aromatic heterocycles. The second-order valence-electron chi connectivity index (χ2n) is 5.25. The molecule has 0 aliphatic heterocycles. The lowest BCUT2D eigenvalue weighted by Crippen LogP contribution is -2.43. The number of hydrogen-bond acceptors (Lipinski definition) is 5. The van der Waals surface area contributed by atoms with Crippen LogP contribution in [0.25, 0.3) is 0 Å². The SMILES string of the molecule is CCCNC(C)(C#N)CC(C)Sc1ccc([N+](=O)[O-])cc1. The van der Waals surface area contributed by atoms with Crippen molar-refractivity contribution in [2.75, 3.05) is 6.54 Å². The summed E-state index contributed by atoms with van der Waals surface area (Å²) in [6.45, 7) is 6.86. The van der Waals surface area contributed by atoms with Crippen molar-refractivity contribution >= 4 is 17.4 Å². The van der Waals surface area contributed by atoms with E-state index in [0.717, 1.165) is 17.9 Å². The summed E-state index contributed by atoms with van der Waals surface area (Å²) in [7, 11) is 0.